The highest BCUT2D eigenvalue weighted by atomic mass is 19.1. The SMILES string of the molecule is COc1cc(N)c(NCCc2cccc(F)c2)cc1OC. The van der Waals surface area contributed by atoms with Crippen molar-refractivity contribution in [1.82, 2.24) is 0 Å². The Morgan fingerprint density at radius 2 is 1.81 bits per heavy atom. The molecule has 0 atom stereocenters. The highest BCUT2D eigenvalue weighted by molar-refractivity contribution is 5.72. The Morgan fingerprint density at radius 1 is 1.10 bits per heavy atom. The lowest BCUT2D eigenvalue weighted by Crippen LogP contribution is -2.07. The lowest BCUT2D eigenvalue weighted by Gasteiger charge is -2.14. The summed E-state index contributed by atoms with van der Waals surface area (Å²) >= 11 is 0. The first-order chi connectivity index (χ1) is 10.1. The van der Waals surface area contributed by atoms with Gasteiger partial charge in [-0.25, -0.2) is 4.39 Å². The number of benzene rings is 2. The summed E-state index contributed by atoms with van der Waals surface area (Å²) in [7, 11) is 3.14. The summed E-state index contributed by atoms with van der Waals surface area (Å²) in [6.45, 7) is 0.642. The minimum atomic E-state index is -0.224. The molecule has 0 unspecified atom stereocenters. The van der Waals surface area contributed by atoms with Crippen molar-refractivity contribution < 1.29 is 13.9 Å². The molecule has 2 rings (SSSR count). The first-order valence-corrected chi connectivity index (χ1v) is 6.64. The molecule has 0 amide bonds. The number of anilines is 2. The lowest BCUT2D eigenvalue weighted by atomic mass is 10.1. The van der Waals surface area contributed by atoms with Gasteiger partial charge in [0.25, 0.3) is 0 Å². The third-order valence-corrected chi connectivity index (χ3v) is 3.17. The Hall–Kier alpha value is -2.43. The minimum absolute atomic E-state index is 0.224. The van der Waals surface area contributed by atoms with E-state index >= 15 is 0 Å². The second-order valence-electron chi connectivity index (χ2n) is 4.60. The number of nitrogens with one attached hydrogen (secondary N) is 1. The molecule has 0 aliphatic rings. The Bertz CT molecular complexity index is 617. The Labute approximate surface area is 123 Å². The van der Waals surface area contributed by atoms with Crippen molar-refractivity contribution >= 4 is 11.4 Å². The maximum atomic E-state index is 13.1. The fourth-order valence-electron chi connectivity index (χ4n) is 2.08. The maximum absolute atomic E-state index is 13.1. The van der Waals surface area contributed by atoms with Gasteiger partial charge in [-0.1, -0.05) is 12.1 Å². The molecule has 0 radical (unpaired) electrons. The van der Waals surface area contributed by atoms with Gasteiger partial charge in [-0.05, 0) is 24.1 Å². The summed E-state index contributed by atoms with van der Waals surface area (Å²) in [6, 6.07) is 10.1. The zero-order chi connectivity index (χ0) is 15.2. The zero-order valence-electron chi connectivity index (χ0n) is 12.2. The van der Waals surface area contributed by atoms with E-state index in [0.29, 0.717) is 30.2 Å². The van der Waals surface area contributed by atoms with Crippen molar-refractivity contribution in [3.63, 3.8) is 0 Å². The third-order valence-electron chi connectivity index (χ3n) is 3.17. The smallest absolute Gasteiger partial charge is 0.162 e. The van der Waals surface area contributed by atoms with Crippen LogP contribution in [0.1, 0.15) is 5.56 Å². The van der Waals surface area contributed by atoms with Crippen molar-refractivity contribution in [3.05, 3.63) is 47.8 Å². The molecule has 0 aliphatic heterocycles. The van der Waals surface area contributed by atoms with E-state index in [1.54, 1.807) is 32.4 Å². The standard InChI is InChI=1S/C16H19FN2O2/c1-20-15-9-13(18)14(10-16(15)21-2)19-7-6-11-4-3-5-12(17)8-11/h3-5,8-10,19H,6-7,18H2,1-2H3. The molecule has 3 N–H and O–H groups in total. The second kappa shape index (κ2) is 6.83. The molecule has 0 spiro atoms. The maximum Gasteiger partial charge on any atom is 0.162 e. The van der Waals surface area contributed by atoms with Crippen molar-refractivity contribution in [2.75, 3.05) is 31.8 Å². The van der Waals surface area contributed by atoms with Crippen LogP contribution in [0.15, 0.2) is 36.4 Å². The first-order valence-electron chi connectivity index (χ1n) is 6.64. The fourth-order valence-corrected chi connectivity index (χ4v) is 2.08. The van der Waals surface area contributed by atoms with Crippen LogP contribution in [0.4, 0.5) is 15.8 Å². The van der Waals surface area contributed by atoms with E-state index in [4.69, 9.17) is 15.2 Å². The normalized spacial score (nSPS) is 10.2. The number of nitrogens with two attached hydrogens (primary N) is 1. The summed E-state index contributed by atoms with van der Waals surface area (Å²) in [5.74, 6) is 0.976. The topological polar surface area (TPSA) is 56.5 Å². The molecule has 0 aliphatic carbocycles. The van der Waals surface area contributed by atoms with Crippen molar-refractivity contribution in [3.8, 4) is 11.5 Å². The average molecular weight is 290 g/mol. The summed E-state index contributed by atoms with van der Waals surface area (Å²) < 4.78 is 23.5. The van der Waals surface area contributed by atoms with Crippen LogP contribution in [-0.4, -0.2) is 20.8 Å². The van der Waals surface area contributed by atoms with Gasteiger partial charge in [-0.3, -0.25) is 0 Å². The van der Waals surface area contributed by atoms with Crippen molar-refractivity contribution in [1.29, 1.82) is 0 Å². The van der Waals surface area contributed by atoms with E-state index in [-0.39, 0.29) is 5.82 Å². The molecule has 112 valence electrons. The van der Waals surface area contributed by atoms with E-state index in [0.717, 1.165) is 11.3 Å². The summed E-state index contributed by atoms with van der Waals surface area (Å²) in [5, 5.41) is 3.22. The van der Waals surface area contributed by atoms with Gasteiger partial charge >= 0.3 is 0 Å². The van der Waals surface area contributed by atoms with Crippen LogP contribution in [0.2, 0.25) is 0 Å². The number of hydrogen-bond donors (Lipinski definition) is 2. The second-order valence-corrected chi connectivity index (χ2v) is 4.60. The van der Waals surface area contributed by atoms with E-state index < -0.39 is 0 Å². The zero-order valence-corrected chi connectivity index (χ0v) is 12.2. The molecule has 0 aromatic heterocycles. The van der Waals surface area contributed by atoms with Gasteiger partial charge < -0.3 is 20.5 Å². The summed E-state index contributed by atoms with van der Waals surface area (Å²) in [4.78, 5) is 0. The van der Waals surface area contributed by atoms with Gasteiger partial charge in [0, 0.05) is 18.7 Å². The Kier molecular flexibility index (Phi) is 4.87. The Balaban J connectivity index is 2.03. The van der Waals surface area contributed by atoms with Crippen LogP contribution in [0.25, 0.3) is 0 Å². The number of halogens is 1. The molecule has 0 bridgehead atoms. The van der Waals surface area contributed by atoms with Gasteiger partial charge in [-0.2, -0.15) is 0 Å². The molecule has 0 saturated heterocycles. The molecule has 0 heterocycles. The monoisotopic (exact) mass is 290 g/mol. The molecule has 2 aromatic rings. The molecule has 21 heavy (non-hydrogen) atoms. The number of nitrogen functional groups attached to an aromatic ring is 1. The minimum Gasteiger partial charge on any atom is -0.493 e. The van der Waals surface area contributed by atoms with Gasteiger partial charge in [0.1, 0.15) is 5.82 Å². The van der Waals surface area contributed by atoms with E-state index in [2.05, 4.69) is 5.32 Å². The number of ether oxygens (including phenoxy) is 2. The van der Waals surface area contributed by atoms with E-state index in [1.807, 2.05) is 6.07 Å². The molecule has 0 saturated carbocycles. The summed E-state index contributed by atoms with van der Waals surface area (Å²) in [5.41, 5.74) is 8.24. The highest BCUT2D eigenvalue weighted by Crippen LogP contribution is 2.34. The number of methoxy groups -OCH3 is 2. The van der Waals surface area contributed by atoms with Gasteiger partial charge in [0.05, 0.1) is 25.6 Å². The lowest BCUT2D eigenvalue weighted by molar-refractivity contribution is 0.355. The van der Waals surface area contributed by atoms with Gasteiger partial charge in [-0.15, -0.1) is 0 Å². The molecule has 4 nitrogen and oxygen atoms in total. The first kappa shape index (κ1) is 15.0. The van der Waals surface area contributed by atoms with Crippen molar-refractivity contribution in [2.45, 2.75) is 6.42 Å². The third kappa shape index (κ3) is 3.78. The van der Waals surface area contributed by atoms with E-state index in [1.165, 1.54) is 12.1 Å². The molecule has 0 fully saturated rings. The van der Waals surface area contributed by atoms with Crippen LogP contribution in [0.5, 0.6) is 11.5 Å². The van der Waals surface area contributed by atoms with Crippen LogP contribution < -0.4 is 20.5 Å². The predicted molar refractivity (Wildman–Crippen MR) is 82.6 cm³/mol. The van der Waals surface area contributed by atoms with Gasteiger partial charge in [0.15, 0.2) is 11.5 Å². The van der Waals surface area contributed by atoms with Crippen LogP contribution in [-0.2, 0) is 6.42 Å². The summed E-state index contributed by atoms with van der Waals surface area (Å²) in [6.07, 6.45) is 0.700. The van der Waals surface area contributed by atoms with Gasteiger partial charge in [0.2, 0.25) is 0 Å². The van der Waals surface area contributed by atoms with Crippen LogP contribution >= 0.6 is 0 Å². The number of rotatable bonds is 6. The number of hydrogen-bond acceptors (Lipinski definition) is 4. The van der Waals surface area contributed by atoms with E-state index in [9.17, 15) is 4.39 Å². The predicted octanol–water partition coefficient (Wildman–Crippen LogP) is 3.08. The fraction of sp³-hybridized carbons (Fsp3) is 0.250. The molecular weight excluding hydrogens is 271 g/mol. The molecule has 5 heteroatoms. The van der Waals surface area contributed by atoms with Crippen LogP contribution in [0.3, 0.4) is 0 Å². The average Bonchev–Trinajstić information content (AvgIpc) is 2.48. The quantitative estimate of drug-likeness (QED) is 0.803. The largest absolute Gasteiger partial charge is 0.493 e. The molecule has 2 aromatic carbocycles. The highest BCUT2D eigenvalue weighted by Gasteiger charge is 2.08. The molecular formula is C16H19FN2O2. The van der Waals surface area contributed by atoms with Crippen molar-refractivity contribution in [2.24, 2.45) is 0 Å². The Morgan fingerprint density at radius 3 is 2.48 bits per heavy atom. The van der Waals surface area contributed by atoms with Crippen LogP contribution in [0, 0.1) is 5.82 Å².